The zero-order valence-electron chi connectivity index (χ0n) is 14.5. The van der Waals surface area contributed by atoms with Crippen molar-refractivity contribution >= 4 is 5.91 Å². The number of rotatable bonds is 4. The topological polar surface area (TPSA) is 51.0 Å². The van der Waals surface area contributed by atoms with Gasteiger partial charge in [0.25, 0.3) is 5.91 Å². The van der Waals surface area contributed by atoms with E-state index in [0.29, 0.717) is 11.6 Å². The van der Waals surface area contributed by atoms with Crippen molar-refractivity contribution in [3.8, 4) is 5.69 Å². The standard InChI is InChI=1S/C21H20N4O/c26-21(16-5-3-6-18(12-16)24-14-22-13-23-24)25(17-9-10-17)20-11-8-15-4-1-2-7-19(15)20/h1-7,12-14,17,20H,8-11H2/t20-/m0/s1. The van der Waals surface area contributed by atoms with E-state index in [9.17, 15) is 4.79 Å². The van der Waals surface area contributed by atoms with Crippen molar-refractivity contribution in [3.63, 3.8) is 0 Å². The van der Waals surface area contributed by atoms with Gasteiger partial charge in [-0.15, -0.1) is 0 Å². The summed E-state index contributed by atoms with van der Waals surface area (Å²) < 4.78 is 1.68. The molecule has 1 saturated carbocycles. The highest BCUT2D eigenvalue weighted by Gasteiger charge is 2.40. The maximum Gasteiger partial charge on any atom is 0.254 e. The van der Waals surface area contributed by atoms with Gasteiger partial charge in [-0.2, -0.15) is 5.10 Å². The van der Waals surface area contributed by atoms with Crippen LogP contribution in [0.3, 0.4) is 0 Å². The number of benzene rings is 2. The summed E-state index contributed by atoms with van der Waals surface area (Å²) in [5.41, 5.74) is 4.28. The van der Waals surface area contributed by atoms with E-state index >= 15 is 0 Å². The van der Waals surface area contributed by atoms with Crippen LogP contribution >= 0.6 is 0 Å². The molecule has 1 fully saturated rings. The Labute approximate surface area is 152 Å². The van der Waals surface area contributed by atoms with Gasteiger partial charge in [0.1, 0.15) is 12.7 Å². The Morgan fingerprint density at radius 3 is 2.77 bits per heavy atom. The number of nitrogens with zero attached hydrogens (tertiary/aromatic N) is 4. The third-order valence-corrected chi connectivity index (χ3v) is 5.39. The van der Waals surface area contributed by atoms with E-state index in [0.717, 1.165) is 31.4 Å². The summed E-state index contributed by atoms with van der Waals surface area (Å²) in [4.78, 5) is 19.5. The second kappa shape index (κ2) is 6.09. The van der Waals surface area contributed by atoms with Gasteiger partial charge in [0.2, 0.25) is 0 Å². The maximum atomic E-state index is 13.4. The first-order valence-corrected chi connectivity index (χ1v) is 9.17. The predicted octanol–water partition coefficient (Wildman–Crippen LogP) is 3.56. The number of amides is 1. The van der Waals surface area contributed by atoms with Gasteiger partial charge < -0.3 is 4.90 Å². The molecule has 0 spiro atoms. The number of aromatic nitrogens is 3. The smallest absolute Gasteiger partial charge is 0.254 e. The van der Waals surface area contributed by atoms with Gasteiger partial charge in [-0.3, -0.25) is 4.79 Å². The highest BCUT2D eigenvalue weighted by Crippen LogP contribution is 2.42. The zero-order chi connectivity index (χ0) is 17.5. The maximum absolute atomic E-state index is 13.4. The van der Waals surface area contributed by atoms with Gasteiger partial charge >= 0.3 is 0 Å². The molecule has 5 heteroatoms. The number of hydrogen-bond donors (Lipinski definition) is 0. The highest BCUT2D eigenvalue weighted by molar-refractivity contribution is 5.95. The molecule has 0 aliphatic heterocycles. The number of hydrogen-bond acceptors (Lipinski definition) is 3. The molecule has 2 aromatic carbocycles. The molecule has 1 atom stereocenters. The lowest BCUT2D eigenvalue weighted by atomic mass is 10.0. The molecular weight excluding hydrogens is 324 g/mol. The Morgan fingerprint density at radius 2 is 1.96 bits per heavy atom. The summed E-state index contributed by atoms with van der Waals surface area (Å²) in [6.07, 6.45) is 7.43. The van der Waals surface area contributed by atoms with Crippen molar-refractivity contribution in [2.24, 2.45) is 0 Å². The van der Waals surface area contributed by atoms with Crippen molar-refractivity contribution in [3.05, 3.63) is 77.9 Å². The van der Waals surface area contributed by atoms with E-state index in [1.807, 2.05) is 24.3 Å². The molecule has 130 valence electrons. The largest absolute Gasteiger partial charge is 0.329 e. The lowest BCUT2D eigenvalue weighted by molar-refractivity contribution is 0.0658. The van der Waals surface area contributed by atoms with Gasteiger partial charge in [-0.25, -0.2) is 9.67 Å². The van der Waals surface area contributed by atoms with E-state index in [4.69, 9.17) is 0 Å². The molecule has 0 unspecified atom stereocenters. The molecule has 0 saturated heterocycles. The SMILES string of the molecule is O=C(c1cccc(-n2cncn2)c1)N(C1CC1)[C@H]1CCc2ccccc21. The van der Waals surface area contributed by atoms with Crippen molar-refractivity contribution in [1.29, 1.82) is 0 Å². The molecule has 5 nitrogen and oxygen atoms in total. The molecule has 1 amide bonds. The number of fused-ring (bicyclic) bond motifs is 1. The number of aryl methyl sites for hydroxylation is 1. The monoisotopic (exact) mass is 344 g/mol. The van der Waals surface area contributed by atoms with Crippen molar-refractivity contribution in [1.82, 2.24) is 19.7 Å². The van der Waals surface area contributed by atoms with Crippen LogP contribution < -0.4 is 0 Å². The minimum absolute atomic E-state index is 0.121. The summed E-state index contributed by atoms with van der Waals surface area (Å²) >= 11 is 0. The Bertz CT molecular complexity index is 946. The molecule has 0 N–H and O–H groups in total. The molecule has 2 aliphatic rings. The summed E-state index contributed by atoms with van der Waals surface area (Å²) in [6.45, 7) is 0. The van der Waals surface area contributed by atoms with Crippen LogP contribution in [-0.2, 0) is 6.42 Å². The van der Waals surface area contributed by atoms with Crippen molar-refractivity contribution in [2.45, 2.75) is 37.8 Å². The van der Waals surface area contributed by atoms with Gasteiger partial charge in [-0.05, 0) is 55.0 Å². The molecule has 2 aliphatic carbocycles. The summed E-state index contributed by atoms with van der Waals surface area (Å²) in [6, 6.07) is 16.8. The first kappa shape index (κ1) is 15.3. The first-order valence-electron chi connectivity index (χ1n) is 9.17. The fourth-order valence-electron chi connectivity index (χ4n) is 4.01. The molecule has 3 aromatic rings. The van der Waals surface area contributed by atoms with E-state index in [-0.39, 0.29) is 11.9 Å². The van der Waals surface area contributed by atoms with Gasteiger partial charge in [0, 0.05) is 11.6 Å². The van der Waals surface area contributed by atoms with Crippen LogP contribution in [0, 0.1) is 0 Å². The van der Waals surface area contributed by atoms with Gasteiger partial charge in [0.15, 0.2) is 0 Å². The Kier molecular flexibility index (Phi) is 3.59. The third kappa shape index (κ3) is 2.60. The zero-order valence-corrected chi connectivity index (χ0v) is 14.5. The van der Waals surface area contributed by atoms with Gasteiger partial charge in [0.05, 0.1) is 11.7 Å². The van der Waals surface area contributed by atoms with Crippen LogP contribution in [0.2, 0.25) is 0 Å². The molecule has 0 radical (unpaired) electrons. The minimum Gasteiger partial charge on any atom is -0.329 e. The lowest BCUT2D eigenvalue weighted by Gasteiger charge is -2.30. The molecule has 26 heavy (non-hydrogen) atoms. The van der Waals surface area contributed by atoms with Crippen LogP contribution in [0.4, 0.5) is 0 Å². The molecule has 5 rings (SSSR count). The second-order valence-corrected chi connectivity index (χ2v) is 7.09. The van der Waals surface area contributed by atoms with Crippen LogP contribution in [0.1, 0.15) is 46.8 Å². The number of carbonyl (C=O) groups excluding carboxylic acids is 1. The molecular formula is C21H20N4O. The first-order chi connectivity index (χ1) is 12.8. The van der Waals surface area contributed by atoms with Crippen LogP contribution in [0.25, 0.3) is 5.69 Å². The fourth-order valence-corrected chi connectivity index (χ4v) is 4.01. The molecule has 1 heterocycles. The lowest BCUT2D eigenvalue weighted by Crippen LogP contribution is -2.36. The normalized spacial score (nSPS) is 18.5. The average molecular weight is 344 g/mol. The predicted molar refractivity (Wildman–Crippen MR) is 98.1 cm³/mol. The highest BCUT2D eigenvalue weighted by atomic mass is 16.2. The summed E-state index contributed by atoms with van der Waals surface area (Å²) in [5.74, 6) is 0.121. The number of carbonyl (C=O) groups is 1. The van der Waals surface area contributed by atoms with E-state index < -0.39 is 0 Å². The Hall–Kier alpha value is -2.95. The van der Waals surface area contributed by atoms with Crippen LogP contribution in [0.5, 0.6) is 0 Å². The molecule has 0 bridgehead atoms. The van der Waals surface area contributed by atoms with Crippen LogP contribution in [0.15, 0.2) is 61.2 Å². The van der Waals surface area contributed by atoms with Crippen LogP contribution in [-0.4, -0.2) is 31.6 Å². The quantitative estimate of drug-likeness (QED) is 0.727. The Morgan fingerprint density at radius 1 is 1.08 bits per heavy atom. The summed E-state index contributed by atoms with van der Waals surface area (Å²) in [7, 11) is 0. The van der Waals surface area contributed by atoms with E-state index in [2.05, 4.69) is 39.2 Å². The Balaban J connectivity index is 1.49. The minimum atomic E-state index is 0.121. The molecule has 1 aromatic heterocycles. The summed E-state index contributed by atoms with van der Waals surface area (Å²) in [5, 5.41) is 4.17. The van der Waals surface area contributed by atoms with Gasteiger partial charge in [-0.1, -0.05) is 30.3 Å². The average Bonchev–Trinajstić information content (AvgIpc) is 3.20. The van der Waals surface area contributed by atoms with Crippen molar-refractivity contribution < 1.29 is 4.79 Å². The fraction of sp³-hybridized carbons (Fsp3) is 0.286. The van der Waals surface area contributed by atoms with E-state index in [1.165, 1.54) is 17.5 Å². The second-order valence-electron chi connectivity index (χ2n) is 7.09. The third-order valence-electron chi connectivity index (χ3n) is 5.39. The van der Waals surface area contributed by atoms with E-state index in [1.54, 1.807) is 11.0 Å². The van der Waals surface area contributed by atoms with Crippen molar-refractivity contribution in [2.75, 3.05) is 0 Å².